The summed E-state index contributed by atoms with van der Waals surface area (Å²) in [5.74, 6) is 0. The monoisotopic (exact) mass is 285 g/mol. The smallest absolute Gasteiger partial charge is 0.338 e. The third-order valence-corrected chi connectivity index (χ3v) is 4.41. The minimum Gasteiger partial charge on any atom is -0.429 e. The fraction of sp³-hybridized carbons (Fsp3) is 0.562. The molecule has 110 valence electrons. The SMILES string of the molecule is CC1(C)C[C@@]2(C)O[C@@H]2[C@@]2(C1)N=NC(=Nc1ccccc1)O2. The molecular formula is C16H19N3O2. The number of hydrogen-bond donors (Lipinski definition) is 0. The summed E-state index contributed by atoms with van der Waals surface area (Å²) in [6.07, 6.45) is 1.82. The van der Waals surface area contributed by atoms with Crippen molar-refractivity contribution in [1.29, 1.82) is 0 Å². The fourth-order valence-electron chi connectivity index (χ4n) is 3.89. The zero-order valence-corrected chi connectivity index (χ0v) is 12.5. The highest BCUT2D eigenvalue weighted by molar-refractivity contribution is 5.79. The highest BCUT2D eigenvalue weighted by Gasteiger charge is 2.72. The van der Waals surface area contributed by atoms with Crippen LogP contribution in [0.5, 0.6) is 0 Å². The first-order chi connectivity index (χ1) is 9.91. The van der Waals surface area contributed by atoms with Gasteiger partial charge < -0.3 is 9.47 Å². The quantitative estimate of drug-likeness (QED) is 0.736. The van der Waals surface area contributed by atoms with Crippen molar-refractivity contribution < 1.29 is 9.47 Å². The zero-order chi connectivity index (χ0) is 14.7. The molecule has 1 aromatic rings. The maximum absolute atomic E-state index is 6.04. The zero-order valence-electron chi connectivity index (χ0n) is 12.5. The first-order valence-electron chi connectivity index (χ1n) is 7.34. The van der Waals surface area contributed by atoms with Crippen LogP contribution < -0.4 is 0 Å². The van der Waals surface area contributed by atoms with Crippen molar-refractivity contribution in [2.45, 2.75) is 51.0 Å². The lowest BCUT2D eigenvalue weighted by molar-refractivity contribution is -0.00716. The van der Waals surface area contributed by atoms with Crippen LogP contribution in [0.1, 0.15) is 33.6 Å². The lowest BCUT2D eigenvalue weighted by atomic mass is 9.69. The second kappa shape index (κ2) is 3.91. The summed E-state index contributed by atoms with van der Waals surface area (Å²) in [5.41, 5.74) is 0.105. The van der Waals surface area contributed by atoms with Gasteiger partial charge in [-0.2, -0.15) is 4.99 Å². The molecule has 1 aromatic carbocycles. The minimum absolute atomic E-state index is 0.00903. The summed E-state index contributed by atoms with van der Waals surface area (Å²) >= 11 is 0. The van der Waals surface area contributed by atoms with Gasteiger partial charge in [0.2, 0.25) is 0 Å². The molecule has 0 radical (unpaired) electrons. The average molecular weight is 285 g/mol. The minimum atomic E-state index is -0.690. The standard InChI is InChI=1S/C16H19N3O2/c1-14(2)9-15(3)12(20-15)16(10-14)19-18-13(21-16)17-11-7-5-4-6-8-11/h4-8,12H,9-10H2,1-3H3/t12-,15+,16-/m0/s1. The third kappa shape index (κ3) is 2.07. The number of amidine groups is 1. The number of epoxide rings is 1. The summed E-state index contributed by atoms with van der Waals surface area (Å²) in [5, 5.41) is 8.57. The van der Waals surface area contributed by atoms with Gasteiger partial charge >= 0.3 is 6.02 Å². The molecule has 0 unspecified atom stereocenters. The van der Waals surface area contributed by atoms with Crippen molar-refractivity contribution in [1.82, 2.24) is 0 Å². The molecule has 1 aliphatic carbocycles. The van der Waals surface area contributed by atoms with E-state index in [1.807, 2.05) is 30.3 Å². The van der Waals surface area contributed by atoms with Crippen molar-refractivity contribution in [2.75, 3.05) is 0 Å². The van der Waals surface area contributed by atoms with Crippen LogP contribution in [0.25, 0.3) is 0 Å². The van der Waals surface area contributed by atoms with E-state index in [2.05, 4.69) is 36.0 Å². The van der Waals surface area contributed by atoms with Crippen LogP contribution in [-0.4, -0.2) is 23.5 Å². The second-order valence-electron chi connectivity index (χ2n) is 7.21. The Bertz CT molecular complexity index is 637. The van der Waals surface area contributed by atoms with Crippen molar-refractivity contribution in [3.8, 4) is 0 Å². The molecule has 1 saturated heterocycles. The summed E-state index contributed by atoms with van der Waals surface area (Å²) < 4.78 is 11.9. The van der Waals surface area contributed by atoms with Gasteiger partial charge in [0, 0.05) is 6.42 Å². The Balaban J connectivity index is 1.62. The number of hydrogen-bond acceptors (Lipinski definition) is 4. The van der Waals surface area contributed by atoms with Gasteiger partial charge in [-0.3, -0.25) is 0 Å². The van der Waals surface area contributed by atoms with Crippen LogP contribution in [0.15, 0.2) is 45.6 Å². The Morgan fingerprint density at radius 2 is 1.90 bits per heavy atom. The number of benzene rings is 1. The number of nitrogens with zero attached hydrogens (tertiary/aromatic N) is 3. The molecule has 1 saturated carbocycles. The molecule has 2 heterocycles. The van der Waals surface area contributed by atoms with Crippen molar-refractivity contribution in [3.63, 3.8) is 0 Å². The average Bonchev–Trinajstić information content (AvgIpc) is 2.93. The lowest BCUT2D eigenvalue weighted by Crippen LogP contribution is -2.47. The Morgan fingerprint density at radius 1 is 1.14 bits per heavy atom. The Kier molecular flexibility index (Phi) is 2.41. The number of azo groups is 1. The van der Waals surface area contributed by atoms with Gasteiger partial charge in [-0.25, -0.2) is 0 Å². The van der Waals surface area contributed by atoms with Gasteiger partial charge in [0.1, 0.15) is 6.10 Å². The molecule has 1 spiro atoms. The van der Waals surface area contributed by atoms with E-state index >= 15 is 0 Å². The van der Waals surface area contributed by atoms with Crippen LogP contribution in [0.2, 0.25) is 0 Å². The number of rotatable bonds is 1. The summed E-state index contributed by atoms with van der Waals surface area (Å²) in [4.78, 5) is 4.41. The highest BCUT2D eigenvalue weighted by Crippen LogP contribution is 2.60. The number of fused-ring (bicyclic) bond motifs is 2. The van der Waals surface area contributed by atoms with Crippen molar-refractivity contribution >= 4 is 11.7 Å². The van der Waals surface area contributed by atoms with E-state index < -0.39 is 5.72 Å². The van der Waals surface area contributed by atoms with E-state index in [0.29, 0.717) is 6.02 Å². The van der Waals surface area contributed by atoms with Gasteiger partial charge in [0.15, 0.2) is 0 Å². The molecule has 3 aliphatic rings. The second-order valence-corrected chi connectivity index (χ2v) is 7.21. The van der Waals surface area contributed by atoms with Crippen LogP contribution in [0.4, 0.5) is 5.69 Å². The topological polar surface area (TPSA) is 58.8 Å². The Labute approximate surface area is 124 Å². The molecule has 0 N–H and O–H groups in total. The molecule has 2 fully saturated rings. The highest BCUT2D eigenvalue weighted by atomic mass is 16.7. The third-order valence-electron chi connectivity index (χ3n) is 4.41. The van der Waals surface area contributed by atoms with E-state index in [-0.39, 0.29) is 17.1 Å². The Morgan fingerprint density at radius 3 is 2.67 bits per heavy atom. The molecule has 0 aromatic heterocycles. The predicted octanol–water partition coefficient (Wildman–Crippen LogP) is 3.83. The van der Waals surface area contributed by atoms with E-state index in [9.17, 15) is 0 Å². The largest absolute Gasteiger partial charge is 0.429 e. The number of ether oxygens (including phenoxy) is 2. The van der Waals surface area contributed by atoms with Gasteiger partial charge in [-0.1, -0.05) is 37.2 Å². The molecule has 5 heteroatoms. The lowest BCUT2D eigenvalue weighted by Gasteiger charge is -2.38. The van der Waals surface area contributed by atoms with Crippen LogP contribution in [0, 0.1) is 5.41 Å². The van der Waals surface area contributed by atoms with Gasteiger partial charge in [0.25, 0.3) is 5.72 Å². The molecule has 2 aliphatic heterocycles. The molecular weight excluding hydrogens is 266 g/mol. The maximum atomic E-state index is 6.04. The number of para-hydroxylation sites is 1. The normalized spacial score (nSPS) is 41.1. The molecule has 0 bridgehead atoms. The fourth-order valence-corrected chi connectivity index (χ4v) is 3.89. The van der Waals surface area contributed by atoms with Gasteiger partial charge in [0.05, 0.1) is 11.3 Å². The van der Waals surface area contributed by atoms with Crippen molar-refractivity contribution in [3.05, 3.63) is 30.3 Å². The molecule has 3 atom stereocenters. The summed E-state index contributed by atoms with van der Waals surface area (Å²) in [6.45, 7) is 6.58. The molecule has 4 rings (SSSR count). The first-order valence-corrected chi connectivity index (χ1v) is 7.34. The van der Waals surface area contributed by atoms with Crippen LogP contribution in [0.3, 0.4) is 0 Å². The van der Waals surface area contributed by atoms with E-state index in [1.54, 1.807) is 0 Å². The van der Waals surface area contributed by atoms with Gasteiger partial charge in [-0.15, -0.1) is 5.11 Å². The van der Waals surface area contributed by atoms with E-state index in [0.717, 1.165) is 18.5 Å². The Hall–Kier alpha value is -1.75. The molecule has 0 amide bonds. The van der Waals surface area contributed by atoms with Crippen molar-refractivity contribution in [2.24, 2.45) is 20.6 Å². The number of aliphatic imine (C=N–C) groups is 1. The first kappa shape index (κ1) is 13.0. The van der Waals surface area contributed by atoms with E-state index in [1.165, 1.54) is 0 Å². The van der Waals surface area contributed by atoms with E-state index in [4.69, 9.17) is 9.47 Å². The summed E-state index contributed by atoms with van der Waals surface area (Å²) in [6, 6.07) is 9.99. The maximum Gasteiger partial charge on any atom is 0.338 e. The van der Waals surface area contributed by atoms with Crippen LogP contribution >= 0.6 is 0 Å². The molecule has 21 heavy (non-hydrogen) atoms. The van der Waals surface area contributed by atoms with Gasteiger partial charge in [-0.05, 0) is 30.9 Å². The van der Waals surface area contributed by atoms with Crippen LogP contribution in [-0.2, 0) is 9.47 Å². The molecule has 5 nitrogen and oxygen atoms in total. The predicted molar refractivity (Wildman–Crippen MR) is 78.5 cm³/mol. The summed E-state index contributed by atoms with van der Waals surface area (Å²) in [7, 11) is 0.